The molecule has 5 nitrogen and oxygen atoms in total. The Labute approximate surface area is 157 Å². The lowest BCUT2D eigenvalue weighted by molar-refractivity contribution is 0.177. The van der Waals surface area contributed by atoms with Crippen LogP contribution in [-0.2, 0) is 6.54 Å². The Morgan fingerprint density at radius 2 is 2.04 bits per heavy atom. The second-order valence-electron chi connectivity index (χ2n) is 7.16. The zero-order valence-electron chi connectivity index (χ0n) is 15.2. The molecular weight excluding hydrogens is 344 g/mol. The van der Waals surface area contributed by atoms with Crippen LogP contribution in [0.2, 0.25) is 0 Å². The van der Waals surface area contributed by atoms with Crippen LogP contribution in [0.4, 0.5) is 9.80 Å². The summed E-state index contributed by atoms with van der Waals surface area (Å²) in [5.74, 6) is 0.583. The number of carbonyl (C=O) groups is 1. The molecule has 2 amide bonds. The molecule has 0 saturated carbocycles. The largest absolute Gasteiger partial charge is 0.330 e. The lowest BCUT2D eigenvalue weighted by Crippen LogP contribution is -2.41. The van der Waals surface area contributed by atoms with Gasteiger partial charge in [0.2, 0.25) is 0 Å². The molecule has 1 fully saturated rings. The Bertz CT molecular complexity index is 907. The number of hydrogen-bond donors (Lipinski definition) is 1. The van der Waals surface area contributed by atoms with E-state index in [1.54, 1.807) is 11.3 Å². The number of nitrogens with zero attached hydrogens (tertiary/aromatic N) is 3. The number of anilines is 1. The predicted octanol–water partition coefficient (Wildman–Crippen LogP) is 4.66. The Hall–Kier alpha value is -2.34. The zero-order chi connectivity index (χ0) is 18.1. The van der Waals surface area contributed by atoms with Crippen LogP contribution < -0.4 is 5.32 Å². The molecule has 4 rings (SSSR count). The molecule has 3 aromatic rings. The van der Waals surface area contributed by atoms with Crippen molar-refractivity contribution >= 4 is 33.4 Å². The molecule has 6 heteroatoms. The van der Waals surface area contributed by atoms with Crippen molar-refractivity contribution in [3.05, 3.63) is 47.1 Å². The molecule has 1 aliphatic heterocycles. The van der Waals surface area contributed by atoms with Crippen molar-refractivity contribution in [1.29, 1.82) is 0 Å². The van der Waals surface area contributed by atoms with E-state index in [4.69, 9.17) is 0 Å². The highest BCUT2D eigenvalue weighted by Crippen LogP contribution is 2.24. The molecule has 2 aromatic heterocycles. The number of imidazole rings is 1. The molecule has 1 saturated heterocycles. The minimum Gasteiger partial charge on any atom is -0.330 e. The van der Waals surface area contributed by atoms with Crippen molar-refractivity contribution in [3.63, 3.8) is 0 Å². The first-order valence-corrected chi connectivity index (χ1v) is 9.99. The third-order valence-electron chi connectivity index (χ3n) is 5.34. The topological polar surface area (TPSA) is 50.2 Å². The van der Waals surface area contributed by atoms with E-state index < -0.39 is 0 Å². The van der Waals surface area contributed by atoms with Gasteiger partial charge in [0.05, 0.1) is 22.4 Å². The van der Waals surface area contributed by atoms with Gasteiger partial charge in [0.15, 0.2) is 0 Å². The van der Waals surface area contributed by atoms with E-state index in [-0.39, 0.29) is 6.03 Å². The van der Waals surface area contributed by atoms with Crippen LogP contribution in [0.5, 0.6) is 0 Å². The van der Waals surface area contributed by atoms with Crippen molar-refractivity contribution < 1.29 is 4.79 Å². The smallest absolute Gasteiger partial charge is 0.322 e. The van der Waals surface area contributed by atoms with Gasteiger partial charge < -0.3 is 9.47 Å². The number of likely N-dealkylation sites (tertiary alicyclic amines) is 1. The van der Waals surface area contributed by atoms with Gasteiger partial charge >= 0.3 is 6.03 Å². The molecule has 0 unspecified atom stereocenters. The summed E-state index contributed by atoms with van der Waals surface area (Å²) in [7, 11) is 0. The molecule has 1 N–H and O–H groups in total. The summed E-state index contributed by atoms with van der Waals surface area (Å²) in [6.07, 6.45) is 4.02. The van der Waals surface area contributed by atoms with Gasteiger partial charge in [-0.15, -0.1) is 11.3 Å². The average Bonchev–Trinajstić information content (AvgIpc) is 3.27. The molecule has 0 atom stereocenters. The van der Waals surface area contributed by atoms with Gasteiger partial charge in [0.1, 0.15) is 0 Å². The van der Waals surface area contributed by atoms with Crippen molar-refractivity contribution in [2.24, 2.45) is 5.92 Å². The fraction of sp³-hybridized carbons (Fsp3) is 0.400. The van der Waals surface area contributed by atoms with Crippen molar-refractivity contribution in [3.8, 4) is 0 Å². The van der Waals surface area contributed by atoms with Crippen molar-refractivity contribution in [2.45, 2.75) is 33.2 Å². The Kier molecular flexibility index (Phi) is 4.68. The quantitative estimate of drug-likeness (QED) is 0.731. The maximum absolute atomic E-state index is 12.3. The Balaban J connectivity index is 1.37. The highest BCUT2D eigenvalue weighted by Gasteiger charge is 2.23. The van der Waals surface area contributed by atoms with Crippen LogP contribution in [0.1, 0.15) is 24.0 Å². The zero-order valence-corrected chi connectivity index (χ0v) is 16.1. The first-order chi connectivity index (χ1) is 12.6. The first-order valence-electron chi connectivity index (χ1n) is 9.11. The number of nitrogens with one attached hydrogen (secondary N) is 1. The summed E-state index contributed by atoms with van der Waals surface area (Å²) in [6.45, 7) is 6.88. The summed E-state index contributed by atoms with van der Waals surface area (Å²) in [6, 6.07) is 8.30. The van der Waals surface area contributed by atoms with E-state index in [1.807, 2.05) is 28.7 Å². The minimum atomic E-state index is 0.0186. The van der Waals surface area contributed by atoms with Crippen LogP contribution in [-0.4, -0.2) is 33.6 Å². The van der Waals surface area contributed by atoms with Gasteiger partial charge in [0, 0.05) is 19.6 Å². The molecule has 0 spiro atoms. The van der Waals surface area contributed by atoms with Gasteiger partial charge in [0.25, 0.3) is 0 Å². The summed E-state index contributed by atoms with van der Waals surface area (Å²) in [5, 5.41) is 5.86. The van der Waals surface area contributed by atoms with Gasteiger partial charge in [-0.1, -0.05) is 0 Å². The maximum Gasteiger partial charge on any atom is 0.322 e. The third-order valence-corrected chi connectivity index (χ3v) is 6.13. The van der Waals surface area contributed by atoms with Gasteiger partial charge in [-0.2, -0.15) is 0 Å². The minimum absolute atomic E-state index is 0.0186. The lowest BCUT2D eigenvalue weighted by atomic mass is 9.97. The van der Waals surface area contributed by atoms with Crippen LogP contribution >= 0.6 is 11.3 Å². The molecule has 3 heterocycles. The highest BCUT2D eigenvalue weighted by molar-refractivity contribution is 7.14. The van der Waals surface area contributed by atoms with Crippen LogP contribution in [0, 0.1) is 19.8 Å². The summed E-state index contributed by atoms with van der Waals surface area (Å²) in [5.41, 5.74) is 4.87. The SMILES string of the molecule is Cc1cc2ncn(CC3CCN(C(=O)Nc4cccs4)CC3)c2cc1C. The molecule has 1 aromatic carbocycles. The van der Waals surface area contributed by atoms with E-state index in [2.05, 4.69) is 40.8 Å². The monoisotopic (exact) mass is 368 g/mol. The molecule has 0 aliphatic carbocycles. The van der Waals surface area contributed by atoms with E-state index in [0.717, 1.165) is 43.0 Å². The number of thiophene rings is 1. The normalized spacial score (nSPS) is 15.5. The molecule has 1 aliphatic rings. The van der Waals surface area contributed by atoms with Gasteiger partial charge in [-0.3, -0.25) is 5.32 Å². The molecular formula is C20H24N4OS. The number of aromatic nitrogens is 2. The first kappa shape index (κ1) is 17.1. The van der Waals surface area contributed by atoms with E-state index >= 15 is 0 Å². The third kappa shape index (κ3) is 3.46. The standard InChI is InChI=1S/C20H24N4OS/c1-14-10-17-18(11-15(14)2)24(13-21-17)12-16-5-7-23(8-6-16)20(25)22-19-4-3-9-26-19/h3-4,9-11,13,16H,5-8,12H2,1-2H3,(H,22,25). The highest BCUT2D eigenvalue weighted by atomic mass is 32.1. The maximum atomic E-state index is 12.3. The summed E-state index contributed by atoms with van der Waals surface area (Å²) in [4.78, 5) is 18.8. The summed E-state index contributed by atoms with van der Waals surface area (Å²) >= 11 is 1.55. The predicted molar refractivity (Wildman–Crippen MR) is 107 cm³/mol. The van der Waals surface area contributed by atoms with Gasteiger partial charge in [-0.05, 0) is 73.4 Å². The number of urea groups is 1. The van der Waals surface area contributed by atoms with E-state index in [1.165, 1.54) is 16.6 Å². The number of carbonyl (C=O) groups excluding carboxylic acids is 1. The van der Waals surface area contributed by atoms with Crippen LogP contribution in [0.25, 0.3) is 11.0 Å². The van der Waals surface area contributed by atoms with Crippen molar-refractivity contribution in [2.75, 3.05) is 18.4 Å². The molecule has 0 radical (unpaired) electrons. The number of rotatable bonds is 3. The fourth-order valence-corrected chi connectivity index (χ4v) is 4.20. The second-order valence-corrected chi connectivity index (χ2v) is 8.11. The van der Waals surface area contributed by atoms with Crippen LogP contribution in [0.15, 0.2) is 36.0 Å². The van der Waals surface area contributed by atoms with Crippen molar-refractivity contribution in [1.82, 2.24) is 14.5 Å². The molecule has 0 bridgehead atoms. The molecule has 136 valence electrons. The summed E-state index contributed by atoms with van der Waals surface area (Å²) < 4.78 is 2.27. The Morgan fingerprint density at radius 1 is 1.27 bits per heavy atom. The number of amides is 2. The Morgan fingerprint density at radius 3 is 2.77 bits per heavy atom. The average molecular weight is 369 g/mol. The number of hydrogen-bond acceptors (Lipinski definition) is 3. The fourth-order valence-electron chi connectivity index (χ4n) is 3.59. The molecule has 26 heavy (non-hydrogen) atoms. The second kappa shape index (κ2) is 7.11. The number of fused-ring (bicyclic) bond motifs is 1. The van der Waals surface area contributed by atoms with Crippen LogP contribution in [0.3, 0.4) is 0 Å². The number of aryl methyl sites for hydroxylation is 2. The number of piperidine rings is 1. The van der Waals surface area contributed by atoms with Gasteiger partial charge in [-0.25, -0.2) is 9.78 Å². The lowest BCUT2D eigenvalue weighted by Gasteiger charge is -2.32. The van der Waals surface area contributed by atoms with E-state index in [0.29, 0.717) is 5.92 Å². The van der Waals surface area contributed by atoms with E-state index in [9.17, 15) is 4.79 Å². The number of benzene rings is 1.